The Kier molecular flexibility index (Phi) is 5.36. The third-order valence-electron chi connectivity index (χ3n) is 5.54. The number of anilines is 1. The average molecular weight is 437 g/mol. The number of rotatable bonds is 5. The largest absolute Gasteiger partial charge is 0.353 e. The first-order valence-electron chi connectivity index (χ1n) is 10.5. The van der Waals surface area contributed by atoms with Crippen molar-refractivity contribution in [2.24, 2.45) is 0 Å². The molecule has 0 aliphatic rings. The molecule has 0 aliphatic heterocycles. The Balaban J connectivity index is 1.50. The average Bonchev–Trinajstić information content (AvgIpc) is 3.24. The summed E-state index contributed by atoms with van der Waals surface area (Å²) in [4.78, 5) is 29.6. The molecule has 0 saturated heterocycles. The molecular formula is C26H20FN5O. The molecule has 1 atom stereocenters. The van der Waals surface area contributed by atoms with Crippen molar-refractivity contribution in [3.05, 3.63) is 96.7 Å². The number of amides is 1. The van der Waals surface area contributed by atoms with Crippen LogP contribution in [0.5, 0.6) is 0 Å². The molecule has 0 aliphatic carbocycles. The van der Waals surface area contributed by atoms with E-state index in [1.807, 2.05) is 42.5 Å². The Morgan fingerprint density at radius 1 is 0.939 bits per heavy atom. The van der Waals surface area contributed by atoms with Crippen LogP contribution >= 0.6 is 0 Å². The lowest BCUT2D eigenvalue weighted by molar-refractivity contribution is -0.117. The lowest BCUT2D eigenvalue weighted by Gasteiger charge is -2.13. The van der Waals surface area contributed by atoms with Gasteiger partial charge in [0.25, 0.3) is 0 Å². The number of fused-ring (bicyclic) bond motifs is 1. The van der Waals surface area contributed by atoms with Crippen molar-refractivity contribution in [3.8, 4) is 22.5 Å². The fourth-order valence-electron chi connectivity index (χ4n) is 3.79. The third-order valence-corrected chi connectivity index (χ3v) is 5.54. The summed E-state index contributed by atoms with van der Waals surface area (Å²) in [6, 6.07) is 19.2. The number of hydrogen-bond donors (Lipinski definition) is 2. The molecule has 162 valence electrons. The topological polar surface area (TPSA) is 83.6 Å². The Bertz CT molecular complexity index is 1430. The Hall–Kier alpha value is -4.39. The predicted molar refractivity (Wildman–Crippen MR) is 126 cm³/mol. The quantitative estimate of drug-likeness (QED) is 0.377. The molecule has 7 heteroatoms. The number of nitrogens with zero attached hydrogens (tertiary/aromatic N) is 3. The number of halogens is 1. The van der Waals surface area contributed by atoms with E-state index in [-0.39, 0.29) is 11.7 Å². The second kappa shape index (κ2) is 8.63. The lowest BCUT2D eigenvalue weighted by Crippen LogP contribution is -2.19. The van der Waals surface area contributed by atoms with Gasteiger partial charge in [-0.15, -0.1) is 0 Å². The highest BCUT2D eigenvalue weighted by molar-refractivity contribution is 6.01. The van der Waals surface area contributed by atoms with Crippen LogP contribution in [-0.2, 0) is 4.79 Å². The Morgan fingerprint density at radius 2 is 1.76 bits per heavy atom. The normalized spacial score (nSPS) is 11.9. The maximum absolute atomic E-state index is 13.2. The van der Waals surface area contributed by atoms with Crippen molar-refractivity contribution >= 4 is 22.8 Å². The minimum absolute atomic E-state index is 0.227. The van der Waals surface area contributed by atoms with Crippen LogP contribution in [0.2, 0.25) is 0 Å². The van der Waals surface area contributed by atoms with Gasteiger partial charge < -0.3 is 10.3 Å². The summed E-state index contributed by atoms with van der Waals surface area (Å²) in [7, 11) is 0. The summed E-state index contributed by atoms with van der Waals surface area (Å²) in [6.07, 6.45) is 5.14. The maximum atomic E-state index is 13.2. The summed E-state index contributed by atoms with van der Waals surface area (Å²) >= 11 is 0. The number of aromatic amines is 1. The van der Waals surface area contributed by atoms with Crippen molar-refractivity contribution in [1.82, 2.24) is 19.9 Å². The van der Waals surface area contributed by atoms with Gasteiger partial charge in [-0.25, -0.2) is 9.37 Å². The van der Waals surface area contributed by atoms with E-state index in [9.17, 15) is 9.18 Å². The molecule has 2 N–H and O–H groups in total. The summed E-state index contributed by atoms with van der Waals surface area (Å²) < 4.78 is 13.2. The molecule has 0 bridgehead atoms. The van der Waals surface area contributed by atoms with E-state index in [0.29, 0.717) is 5.82 Å². The Morgan fingerprint density at radius 3 is 2.55 bits per heavy atom. The number of nitrogens with one attached hydrogen (secondary N) is 2. The summed E-state index contributed by atoms with van der Waals surface area (Å²) in [5, 5.41) is 2.87. The molecule has 5 aromatic rings. The molecule has 1 unspecified atom stereocenters. The van der Waals surface area contributed by atoms with Gasteiger partial charge in [0.15, 0.2) is 0 Å². The second-order valence-corrected chi connectivity index (χ2v) is 7.68. The van der Waals surface area contributed by atoms with E-state index in [4.69, 9.17) is 0 Å². The van der Waals surface area contributed by atoms with Crippen LogP contribution < -0.4 is 5.32 Å². The highest BCUT2D eigenvalue weighted by Crippen LogP contribution is 2.36. The molecule has 1 aromatic carbocycles. The van der Waals surface area contributed by atoms with E-state index in [1.54, 1.807) is 37.6 Å². The van der Waals surface area contributed by atoms with Gasteiger partial charge in [-0.1, -0.05) is 18.2 Å². The molecule has 0 fully saturated rings. The minimum atomic E-state index is -0.461. The fraction of sp³-hybridized carbons (Fsp3) is 0.0769. The molecule has 0 spiro atoms. The van der Waals surface area contributed by atoms with Crippen molar-refractivity contribution in [2.75, 3.05) is 5.32 Å². The minimum Gasteiger partial charge on any atom is -0.353 e. The number of pyridine rings is 3. The lowest BCUT2D eigenvalue weighted by atomic mass is 10.0. The van der Waals surface area contributed by atoms with Crippen LogP contribution in [0.15, 0.2) is 85.3 Å². The number of carbonyl (C=O) groups excluding carboxylic acids is 1. The molecule has 1 amide bonds. The standard InChI is InChI=1S/C26H20FN5O/c1-16(17-7-9-19(27)10-8-17)26(33)32-22-15-18(11-14-29-22)24-23(20-5-2-3-12-28-20)25-21(31-24)6-4-13-30-25/h2-16,31H,1H3,(H,29,32,33). The van der Waals surface area contributed by atoms with Crippen LogP contribution in [0.1, 0.15) is 18.4 Å². The fourth-order valence-corrected chi connectivity index (χ4v) is 3.79. The first-order valence-corrected chi connectivity index (χ1v) is 10.5. The van der Waals surface area contributed by atoms with Gasteiger partial charge in [0.2, 0.25) is 5.91 Å². The van der Waals surface area contributed by atoms with Crippen molar-refractivity contribution in [2.45, 2.75) is 12.8 Å². The molecule has 5 rings (SSSR count). The number of benzene rings is 1. The first kappa shape index (κ1) is 20.5. The van der Waals surface area contributed by atoms with Gasteiger partial charge in [0.1, 0.15) is 11.6 Å². The number of aromatic nitrogens is 4. The van der Waals surface area contributed by atoms with Crippen LogP contribution in [0.4, 0.5) is 10.2 Å². The van der Waals surface area contributed by atoms with E-state index in [2.05, 4.69) is 25.3 Å². The molecular weight excluding hydrogens is 417 g/mol. The van der Waals surface area contributed by atoms with Crippen LogP contribution in [0.3, 0.4) is 0 Å². The van der Waals surface area contributed by atoms with E-state index >= 15 is 0 Å². The van der Waals surface area contributed by atoms with Crippen LogP contribution in [0.25, 0.3) is 33.5 Å². The predicted octanol–water partition coefficient (Wildman–Crippen LogP) is 5.57. The highest BCUT2D eigenvalue weighted by Gasteiger charge is 2.19. The van der Waals surface area contributed by atoms with Gasteiger partial charge in [-0.2, -0.15) is 0 Å². The zero-order valence-corrected chi connectivity index (χ0v) is 17.8. The van der Waals surface area contributed by atoms with Crippen molar-refractivity contribution in [3.63, 3.8) is 0 Å². The first-order chi connectivity index (χ1) is 16.1. The summed E-state index contributed by atoms with van der Waals surface area (Å²) in [5.74, 6) is -0.603. The molecule has 4 aromatic heterocycles. The number of H-pyrrole nitrogens is 1. The summed E-state index contributed by atoms with van der Waals surface area (Å²) in [5.41, 5.74) is 5.79. The third kappa shape index (κ3) is 4.08. The second-order valence-electron chi connectivity index (χ2n) is 7.68. The van der Waals surface area contributed by atoms with Crippen LogP contribution in [-0.4, -0.2) is 25.8 Å². The van der Waals surface area contributed by atoms with Gasteiger partial charge in [-0.3, -0.25) is 14.8 Å². The summed E-state index contributed by atoms with van der Waals surface area (Å²) in [6.45, 7) is 1.77. The number of carbonyl (C=O) groups is 1. The molecule has 0 saturated carbocycles. The van der Waals surface area contributed by atoms with E-state index in [1.165, 1.54) is 12.1 Å². The zero-order chi connectivity index (χ0) is 22.8. The maximum Gasteiger partial charge on any atom is 0.232 e. The van der Waals surface area contributed by atoms with Crippen LogP contribution in [0, 0.1) is 5.82 Å². The SMILES string of the molecule is CC(C(=O)Nc1cc(-c2[nH]c3cccnc3c2-c2ccccn2)ccn1)c1ccc(F)cc1. The molecule has 33 heavy (non-hydrogen) atoms. The molecule has 0 radical (unpaired) electrons. The van der Waals surface area contributed by atoms with Crippen molar-refractivity contribution in [1.29, 1.82) is 0 Å². The van der Waals surface area contributed by atoms with Gasteiger partial charge in [0.05, 0.1) is 33.9 Å². The van der Waals surface area contributed by atoms with Gasteiger partial charge >= 0.3 is 0 Å². The van der Waals surface area contributed by atoms with Gasteiger partial charge in [0, 0.05) is 24.2 Å². The molecule has 4 heterocycles. The van der Waals surface area contributed by atoms with E-state index in [0.717, 1.165) is 39.1 Å². The zero-order valence-electron chi connectivity index (χ0n) is 17.8. The van der Waals surface area contributed by atoms with Crippen molar-refractivity contribution < 1.29 is 9.18 Å². The van der Waals surface area contributed by atoms with E-state index < -0.39 is 5.92 Å². The smallest absolute Gasteiger partial charge is 0.232 e. The monoisotopic (exact) mass is 437 g/mol. The molecule has 6 nitrogen and oxygen atoms in total. The highest BCUT2D eigenvalue weighted by atomic mass is 19.1. The Labute approximate surface area is 189 Å². The number of hydrogen-bond acceptors (Lipinski definition) is 4. The van der Waals surface area contributed by atoms with Gasteiger partial charge in [-0.05, 0) is 61.0 Å².